The average molecular weight is 170 g/mol. The second-order valence-corrected chi connectivity index (χ2v) is 2.62. The number of imidazole rings is 1. The number of carbonyl (C=O) groups is 1. The van der Waals surface area contributed by atoms with Gasteiger partial charge in [0.2, 0.25) is 0 Å². The van der Waals surface area contributed by atoms with Crippen molar-refractivity contribution in [3.8, 4) is 0 Å². The molecule has 0 aliphatic rings. The number of hydrogen-bond acceptors (Lipinski definition) is 2. The molecule has 12 heavy (non-hydrogen) atoms. The number of nitrogens with zero attached hydrogens (tertiary/aromatic N) is 1. The van der Waals surface area contributed by atoms with Crippen LogP contribution in [0.3, 0.4) is 0 Å². The summed E-state index contributed by atoms with van der Waals surface area (Å²) in [6.07, 6.45) is 1.49. The van der Waals surface area contributed by atoms with Gasteiger partial charge in [-0.2, -0.15) is 0 Å². The first-order chi connectivity index (χ1) is 5.54. The van der Waals surface area contributed by atoms with Crippen LogP contribution in [0.25, 0.3) is 0 Å². The molecule has 5 heteroatoms. The highest BCUT2D eigenvalue weighted by Crippen LogP contribution is 2.04. The van der Waals surface area contributed by atoms with Gasteiger partial charge >= 0.3 is 11.7 Å². The molecule has 0 spiro atoms. The molecule has 2 N–H and O–H groups in total. The van der Waals surface area contributed by atoms with Gasteiger partial charge in [-0.05, 0) is 13.8 Å². The van der Waals surface area contributed by atoms with Crippen LogP contribution >= 0.6 is 0 Å². The summed E-state index contributed by atoms with van der Waals surface area (Å²) in [5.41, 5.74) is 0.234. The quantitative estimate of drug-likeness (QED) is 0.662. The number of H-pyrrole nitrogens is 1. The molecule has 1 heterocycles. The highest BCUT2D eigenvalue weighted by molar-refractivity contribution is 5.71. The Morgan fingerprint density at radius 2 is 2.33 bits per heavy atom. The highest BCUT2D eigenvalue weighted by Gasteiger charge is 2.16. The van der Waals surface area contributed by atoms with Crippen molar-refractivity contribution in [3.63, 3.8) is 0 Å². The largest absolute Gasteiger partial charge is 0.480 e. The molecule has 0 aliphatic heterocycles. The number of aromatic nitrogens is 2. The summed E-state index contributed by atoms with van der Waals surface area (Å²) in [7, 11) is 0. The highest BCUT2D eigenvalue weighted by atomic mass is 16.4. The van der Waals surface area contributed by atoms with Gasteiger partial charge in [-0.3, -0.25) is 4.57 Å². The maximum atomic E-state index is 11.0. The van der Waals surface area contributed by atoms with Crippen LogP contribution in [0.4, 0.5) is 0 Å². The van der Waals surface area contributed by atoms with Crippen molar-refractivity contribution < 1.29 is 9.90 Å². The van der Waals surface area contributed by atoms with Gasteiger partial charge in [0.1, 0.15) is 6.04 Å². The maximum absolute atomic E-state index is 11.0. The number of aromatic amines is 1. The molecule has 1 rings (SSSR count). The van der Waals surface area contributed by atoms with Gasteiger partial charge in [0, 0.05) is 11.9 Å². The number of carboxylic acid groups (broad SMARTS) is 1. The van der Waals surface area contributed by atoms with E-state index in [4.69, 9.17) is 5.11 Å². The van der Waals surface area contributed by atoms with Gasteiger partial charge in [0.25, 0.3) is 0 Å². The molecule has 0 amide bonds. The molecule has 1 aromatic rings. The van der Waals surface area contributed by atoms with E-state index in [2.05, 4.69) is 4.98 Å². The third kappa shape index (κ3) is 1.25. The van der Waals surface area contributed by atoms with Gasteiger partial charge in [-0.1, -0.05) is 0 Å². The fourth-order valence-corrected chi connectivity index (χ4v) is 1.06. The van der Waals surface area contributed by atoms with Crippen molar-refractivity contribution in [2.24, 2.45) is 0 Å². The Balaban J connectivity index is 3.18. The predicted octanol–water partition coefficient (Wildman–Crippen LogP) is 0.130. The van der Waals surface area contributed by atoms with Gasteiger partial charge in [0.05, 0.1) is 0 Å². The minimum atomic E-state index is -1.01. The Kier molecular flexibility index (Phi) is 2.03. The van der Waals surface area contributed by atoms with Gasteiger partial charge in [-0.15, -0.1) is 0 Å². The minimum absolute atomic E-state index is 0.387. The van der Waals surface area contributed by atoms with Crippen LogP contribution in [0.2, 0.25) is 0 Å². The Bertz CT molecular complexity index is 350. The predicted molar refractivity (Wildman–Crippen MR) is 42.1 cm³/mol. The third-order valence-corrected chi connectivity index (χ3v) is 1.75. The topological polar surface area (TPSA) is 75.1 Å². The molecule has 0 fully saturated rings. The van der Waals surface area contributed by atoms with E-state index in [9.17, 15) is 9.59 Å². The van der Waals surface area contributed by atoms with E-state index in [0.29, 0.717) is 5.69 Å². The van der Waals surface area contributed by atoms with Crippen molar-refractivity contribution >= 4 is 5.97 Å². The minimum Gasteiger partial charge on any atom is -0.480 e. The third-order valence-electron chi connectivity index (χ3n) is 1.75. The zero-order chi connectivity index (χ0) is 9.30. The van der Waals surface area contributed by atoms with E-state index in [-0.39, 0.29) is 5.69 Å². The zero-order valence-corrected chi connectivity index (χ0v) is 6.87. The number of rotatable bonds is 2. The van der Waals surface area contributed by atoms with Crippen molar-refractivity contribution in [3.05, 3.63) is 22.4 Å². The Labute approximate surface area is 68.6 Å². The van der Waals surface area contributed by atoms with Crippen molar-refractivity contribution in [1.29, 1.82) is 0 Å². The lowest BCUT2D eigenvalue weighted by atomic mass is 10.3. The lowest BCUT2D eigenvalue weighted by molar-refractivity contribution is -0.140. The van der Waals surface area contributed by atoms with Crippen molar-refractivity contribution in [2.45, 2.75) is 19.9 Å². The van der Waals surface area contributed by atoms with Gasteiger partial charge < -0.3 is 10.1 Å². The van der Waals surface area contributed by atoms with Gasteiger partial charge in [-0.25, -0.2) is 9.59 Å². The molecule has 0 bridgehead atoms. The molecule has 1 atom stereocenters. The van der Waals surface area contributed by atoms with E-state index >= 15 is 0 Å². The number of aliphatic carboxylic acids is 1. The summed E-state index contributed by atoms with van der Waals surface area (Å²) in [5, 5.41) is 8.63. The smallest absolute Gasteiger partial charge is 0.326 e. The SMILES string of the molecule is Cc1c[nH]c(=O)n1C(C)C(=O)O. The molecule has 0 saturated heterocycles. The average Bonchev–Trinajstić information content (AvgIpc) is 2.30. The fourth-order valence-electron chi connectivity index (χ4n) is 1.06. The van der Waals surface area contributed by atoms with Crippen LogP contribution in [0.1, 0.15) is 18.7 Å². The molecular formula is C7H10N2O3. The zero-order valence-electron chi connectivity index (χ0n) is 6.87. The molecule has 0 saturated carbocycles. The molecule has 1 unspecified atom stereocenters. The maximum Gasteiger partial charge on any atom is 0.326 e. The Hall–Kier alpha value is -1.52. The Morgan fingerprint density at radius 3 is 2.67 bits per heavy atom. The van der Waals surface area contributed by atoms with E-state index in [1.54, 1.807) is 6.92 Å². The van der Waals surface area contributed by atoms with Crippen molar-refractivity contribution in [2.75, 3.05) is 0 Å². The molecule has 1 aromatic heterocycles. The summed E-state index contributed by atoms with van der Waals surface area (Å²) in [6, 6.07) is -0.816. The van der Waals surface area contributed by atoms with Crippen molar-refractivity contribution in [1.82, 2.24) is 9.55 Å². The number of aryl methyl sites for hydroxylation is 1. The number of nitrogens with one attached hydrogen (secondary N) is 1. The standard InChI is InChI=1S/C7H10N2O3/c1-4-3-8-7(12)9(4)5(2)6(10)11/h3,5H,1-2H3,(H,8,12)(H,10,11). The molecule has 66 valence electrons. The van der Waals surface area contributed by atoms with E-state index < -0.39 is 12.0 Å². The van der Waals surface area contributed by atoms with E-state index in [1.165, 1.54) is 17.7 Å². The first kappa shape index (κ1) is 8.58. The van der Waals surface area contributed by atoms with Gasteiger partial charge in [0.15, 0.2) is 0 Å². The second kappa shape index (κ2) is 2.84. The number of hydrogen-bond donors (Lipinski definition) is 2. The van der Waals surface area contributed by atoms with Crippen LogP contribution in [0.5, 0.6) is 0 Å². The van der Waals surface area contributed by atoms with E-state index in [0.717, 1.165) is 0 Å². The molecule has 5 nitrogen and oxygen atoms in total. The number of carboxylic acids is 1. The summed E-state index contributed by atoms with van der Waals surface area (Å²) in [6.45, 7) is 3.14. The normalized spacial score (nSPS) is 12.8. The van der Waals surface area contributed by atoms with Crippen LogP contribution in [0.15, 0.2) is 11.0 Å². The summed E-state index contributed by atoms with van der Waals surface area (Å²) in [4.78, 5) is 24.0. The van der Waals surface area contributed by atoms with Crippen LogP contribution < -0.4 is 5.69 Å². The lowest BCUT2D eigenvalue weighted by Gasteiger charge is -2.07. The molecule has 0 radical (unpaired) electrons. The monoisotopic (exact) mass is 170 g/mol. The summed E-state index contributed by atoms with van der Waals surface area (Å²) >= 11 is 0. The molecule has 0 aromatic carbocycles. The van der Waals surface area contributed by atoms with Crippen LogP contribution in [0, 0.1) is 6.92 Å². The molecular weight excluding hydrogens is 160 g/mol. The molecule has 0 aliphatic carbocycles. The first-order valence-corrected chi connectivity index (χ1v) is 3.53. The van der Waals surface area contributed by atoms with E-state index in [1.807, 2.05) is 0 Å². The first-order valence-electron chi connectivity index (χ1n) is 3.53. The van der Waals surface area contributed by atoms with Crippen LogP contribution in [-0.2, 0) is 4.79 Å². The summed E-state index contributed by atoms with van der Waals surface area (Å²) in [5.74, 6) is -1.01. The second-order valence-electron chi connectivity index (χ2n) is 2.62. The fraction of sp³-hybridized carbons (Fsp3) is 0.429. The Morgan fingerprint density at radius 1 is 1.75 bits per heavy atom. The lowest BCUT2D eigenvalue weighted by Crippen LogP contribution is -2.26. The van der Waals surface area contributed by atoms with Crippen LogP contribution in [-0.4, -0.2) is 20.6 Å². The summed E-state index contributed by atoms with van der Waals surface area (Å²) < 4.78 is 1.20.